The Balaban J connectivity index is 1.65. The number of nitrogens with zero attached hydrogens (tertiary/aromatic N) is 4. The minimum Gasteiger partial charge on any atom is -0.449 e. The molecule has 3 N–H and O–H groups in total. The van der Waals surface area contributed by atoms with Crippen LogP contribution in [-0.2, 0) is 17.8 Å². The summed E-state index contributed by atoms with van der Waals surface area (Å²) in [5.41, 5.74) is -1.46. The topological polar surface area (TPSA) is 132 Å². The number of aromatic nitrogens is 4. The van der Waals surface area contributed by atoms with Crippen LogP contribution >= 0.6 is 0 Å². The fourth-order valence-electron chi connectivity index (χ4n) is 3.61. The van der Waals surface area contributed by atoms with Gasteiger partial charge in [-0.15, -0.1) is 0 Å². The molecule has 2 atom stereocenters. The van der Waals surface area contributed by atoms with Crippen LogP contribution in [0.4, 0.5) is 23.4 Å². The fourth-order valence-corrected chi connectivity index (χ4v) is 3.61. The third-order valence-electron chi connectivity index (χ3n) is 5.50. The molecule has 0 aliphatic heterocycles. The van der Waals surface area contributed by atoms with Crippen LogP contribution in [0.3, 0.4) is 0 Å². The number of carbonyl (C=O) groups is 1. The monoisotopic (exact) mass is 547 g/mol. The second-order valence-electron chi connectivity index (χ2n) is 8.30. The van der Waals surface area contributed by atoms with Crippen molar-refractivity contribution < 1.29 is 37.3 Å². The summed E-state index contributed by atoms with van der Waals surface area (Å²) in [6, 6.07) is 6.68. The first-order valence-corrected chi connectivity index (χ1v) is 11.4. The number of carbonyl (C=O) groups excluding carboxylic acids is 1. The standard InChI is InChI=1S/C25H21F4N5O5/c26-17-3-1-4-18(27)16(17)10-21(25(38)31-22-7-8-33(32-22)12-14(36)13-35)34-23(37)9-15(11-30-34)39-24-19(28)5-2-6-20(24)29/h1-9,11,14,21,35-36H,10,12-13H2,(H,31,32,38). The summed E-state index contributed by atoms with van der Waals surface area (Å²) >= 11 is 0. The van der Waals surface area contributed by atoms with E-state index in [0.717, 1.165) is 48.7 Å². The molecule has 1 amide bonds. The van der Waals surface area contributed by atoms with Crippen LogP contribution in [0.1, 0.15) is 11.6 Å². The average molecular weight is 547 g/mol. The molecule has 0 aliphatic rings. The number of halogens is 4. The van der Waals surface area contributed by atoms with E-state index < -0.39 is 71.2 Å². The summed E-state index contributed by atoms with van der Waals surface area (Å²) in [6.07, 6.45) is 0.574. The Kier molecular flexibility index (Phi) is 8.36. The molecule has 2 aromatic heterocycles. The molecule has 4 aromatic rings. The Hall–Kier alpha value is -4.56. The third kappa shape index (κ3) is 6.48. The molecular weight excluding hydrogens is 526 g/mol. The van der Waals surface area contributed by atoms with Gasteiger partial charge in [0.25, 0.3) is 11.5 Å². The molecule has 204 valence electrons. The first kappa shape index (κ1) is 27.5. The highest BCUT2D eigenvalue weighted by atomic mass is 19.1. The number of ether oxygens (including phenoxy) is 1. The summed E-state index contributed by atoms with van der Waals surface area (Å²) < 4.78 is 63.7. The number of amides is 1. The van der Waals surface area contributed by atoms with Crippen molar-refractivity contribution in [3.63, 3.8) is 0 Å². The van der Waals surface area contributed by atoms with E-state index in [0.29, 0.717) is 4.68 Å². The van der Waals surface area contributed by atoms with Crippen LogP contribution in [0.25, 0.3) is 0 Å². The fraction of sp³-hybridized carbons (Fsp3) is 0.200. The highest BCUT2D eigenvalue weighted by Gasteiger charge is 2.27. The maximum atomic E-state index is 14.4. The van der Waals surface area contributed by atoms with E-state index in [9.17, 15) is 32.3 Å². The number of rotatable bonds is 10. The molecule has 4 rings (SSSR count). The van der Waals surface area contributed by atoms with Crippen LogP contribution in [0, 0.1) is 23.3 Å². The van der Waals surface area contributed by atoms with Crippen LogP contribution < -0.4 is 15.6 Å². The minimum absolute atomic E-state index is 0.0211. The summed E-state index contributed by atoms with van der Waals surface area (Å²) in [6.45, 7) is -0.600. The van der Waals surface area contributed by atoms with Crippen LogP contribution in [-0.4, -0.2) is 48.4 Å². The number of aliphatic hydroxyl groups excluding tert-OH is 2. The molecule has 0 saturated carbocycles. The highest BCUT2D eigenvalue weighted by Crippen LogP contribution is 2.27. The maximum absolute atomic E-state index is 14.4. The maximum Gasteiger partial charge on any atom is 0.271 e. The zero-order chi connectivity index (χ0) is 28.1. The quantitative estimate of drug-likeness (QED) is 0.260. The molecule has 0 radical (unpaired) electrons. The van der Waals surface area contributed by atoms with Gasteiger partial charge in [-0.05, 0) is 24.3 Å². The van der Waals surface area contributed by atoms with Gasteiger partial charge in [-0.1, -0.05) is 12.1 Å². The molecular formula is C25H21F4N5O5. The molecule has 10 nitrogen and oxygen atoms in total. The number of benzene rings is 2. The zero-order valence-corrected chi connectivity index (χ0v) is 20.0. The summed E-state index contributed by atoms with van der Waals surface area (Å²) in [4.78, 5) is 26.1. The van der Waals surface area contributed by atoms with Crippen LogP contribution in [0.5, 0.6) is 11.5 Å². The zero-order valence-electron chi connectivity index (χ0n) is 20.0. The average Bonchev–Trinajstić information content (AvgIpc) is 3.33. The van der Waals surface area contributed by atoms with Gasteiger partial charge in [-0.3, -0.25) is 14.3 Å². The van der Waals surface area contributed by atoms with Gasteiger partial charge >= 0.3 is 0 Å². The predicted molar refractivity (Wildman–Crippen MR) is 128 cm³/mol. The smallest absolute Gasteiger partial charge is 0.271 e. The summed E-state index contributed by atoms with van der Waals surface area (Å²) in [5, 5.41) is 28.8. The summed E-state index contributed by atoms with van der Waals surface area (Å²) in [5.74, 6) is -6.05. The second-order valence-corrected chi connectivity index (χ2v) is 8.30. The van der Waals surface area contributed by atoms with Gasteiger partial charge in [0.1, 0.15) is 17.7 Å². The van der Waals surface area contributed by atoms with Gasteiger partial charge in [-0.25, -0.2) is 22.2 Å². The Morgan fingerprint density at radius 3 is 2.28 bits per heavy atom. The molecule has 0 spiro atoms. The van der Waals surface area contributed by atoms with Crippen molar-refractivity contribution in [2.24, 2.45) is 0 Å². The third-order valence-corrected chi connectivity index (χ3v) is 5.50. The Labute approximate surface area is 217 Å². The SMILES string of the molecule is O=C(Nc1ccn(CC(O)CO)n1)C(Cc1c(F)cccc1F)n1ncc(Oc2c(F)cccc2F)cc1=O. The number of para-hydroxylation sites is 1. The van der Waals surface area contributed by atoms with Crippen molar-refractivity contribution in [1.29, 1.82) is 0 Å². The van der Waals surface area contributed by atoms with Crippen molar-refractivity contribution in [2.45, 2.75) is 25.1 Å². The van der Waals surface area contributed by atoms with E-state index in [-0.39, 0.29) is 18.1 Å². The van der Waals surface area contributed by atoms with Crippen molar-refractivity contribution in [2.75, 3.05) is 11.9 Å². The number of aliphatic hydroxyl groups is 2. The number of hydrogen-bond acceptors (Lipinski definition) is 7. The first-order valence-electron chi connectivity index (χ1n) is 11.4. The van der Waals surface area contributed by atoms with Crippen molar-refractivity contribution in [1.82, 2.24) is 19.6 Å². The summed E-state index contributed by atoms with van der Waals surface area (Å²) in [7, 11) is 0. The lowest BCUT2D eigenvalue weighted by Gasteiger charge is -2.19. The lowest BCUT2D eigenvalue weighted by molar-refractivity contribution is -0.119. The molecule has 0 aliphatic carbocycles. The van der Waals surface area contributed by atoms with Crippen molar-refractivity contribution >= 4 is 11.7 Å². The van der Waals surface area contributed by atoms with Gasteiger partial charge in [0, 0.05) is 30.3 Å². The Morgan fingerprint density at radius 1 is 1.03 bits per heavy atom. The molecule has 2 aromatic carbocycles. The van der Waals surface area contributed by atoms with E-state index in [1.165, 1.54) is 16.9 Å². The molecule has 39 heavy (non-hydrogen) atoms. The minimum atomic E-state index is -1.60. The molecule has 2 heterocycles. The Bertz CT molecular complexity index is 1500. The molecule has 0 saturated heterocycles. The van der Waals surface area contributed by atoms with Crippen molar-refractivity contribution in [3.05, 3.63) is 100 Å². The van der Waals surface area contributed by atoms with Crippen molar-refractivity contribution in [3.8, 4) is 11.5 Å². The largest absolute Gasteiger partial charge is 0.449 e. The van der Waals surface area contributed by atoms with Crippen LogP contribution in [0.15, 0.2) is 65.7 Å². The lowest BCUT2D eigenvalue weighted by atomic mass is 10.0. The molecule has 2 unspecified atom stereocenters. The van der Waals surface area contributed by atoms with E-state index in [1.807, 2.05) is 0 Å². The second kappa shape index (κ2) is 11.9. The number of nitrogens with one attached hydrogen (secondary N) is 1. The van der Waals surface area contributed by atoms with Crippen LogP contribution in [0.2, 0.25) is 0 Å². The first-order chi connectivity index (χ1) is 18.7. The van der Waals surface area contributed by atoms with Gasteiger partial charge < -0.3 is 20.3 Å². The van der Waals surface area contributed by atoms with Gasteiger partial charge in [0.2, 0.25) is 0 Å². The van der Waals surface area contributed by atoms with Gasteiger partial charge in [-0.2, -0.15) is 10.2 Å². The molecule has 0 bridgehead atoms. The lowest BCUT2D eigenvalue weighted by Crippen LogP contribution is -2.36. The normalized spacial score (nSPS) is 12.7. The van der Waals surface area contributed by atoms with Gasteiger partial charge in [0.05, 0.1) is 25.5 Å². The van der Waals surface area contributed by atoms with E-state index in [4.69, 9.17) is 9.84 Å². The number of anilines is 1. The highest BCUT2D eigenvalue weighted by molar-refractivity contribution is 5.93. The van der Waals surface area contributed by atoms with E-state index in [2.05, 4.69) is 15.5 Å². The van der Waals surface area contributed by atoms with E-state index in [1.54, 1.807) is 0 Å². The predicted octanol–water partition coefficient (Wildman–Crippen LogP) is 2.56. The molecule has 0 fully saturated rings. The van der Waals surface area contributed by atoms with Gasteiger partial charge in [0.15, 0.2) is 29.0 Å². The number of hydrogen-bond donors (Lipinski definition) is 3. The van der Waals surface area contributed by atoms with E-state index >= 15 is 0 Å². The molecule has 14 heteroatoms. The Morgan fingerprint density at radius 2 is 1.67 bits per heavy atom.